The molecule has 1 atom stereocenters. The van der Waals surface area contributed by atoms with E-state index in [1.165, 1.54) is 11.6 Å². The molecule has 1 aromatic carbocycles. The van der Waals surface area contributed by atoms with E-state index in [-0.39, 0.29) is 11.9 Å². The van der Waals surface area contributed by atoms with E-state index in [9.17, 15) is 4.39 Å². The maximum atomic E-state index is 12.8. The molecule has 2 N–H and O–H groups in total. The molecule has 1 aliphatic carbocycles. The van der Waals surface area contributed by atoms with Gasteiger partial charge in [-0.05, 0) is 42.5 Å². The molecule has 1 aliphatic rings. The van der Waals surface area contributed by atoms with Crippen LogP contribution >= 0.6 is 0 Å². The largest absolute Gasteiger partial charge is 0.327 e. The standard InChI is InChI=1S/C10H12FN/c11-9-3-1-8-6-10(12)4-2-7(8)5-9/h1,3,5,10H,2,4,6,12H2/t10-/m1/s1. The monoisotopic (exact) mass is 165 g/mol. The van der Waals surface area contributed by atoms with Crippen molar-refractivity contribution in [2.24, 2.45) is 5.73 Å². The Kier molecular flexibility index (Phi) is 1.85. The number of hydrogen-bond acceptors (Lipinski definition) is 1. The molecule has 12 heavy (non-hydrogen) atoms. The summed E-state index contributed by atoms with van der Waals surface area (Å²) in [5.74, 6) is -0.135. The van der Waals surface area contributed by atoms with Gasteiger partial charge in [-0.25, -0.2) is 4.39 Å². The molecule has 0 heterocycles. The number of hydrogen-bond donors (Lipinski definition) is 1. The Morgan fingerprint density at radius 1 is 1.33 bits per heavy atom. The van der Waals surface area contributed by atoms with E-state index < -0.39 is 0 Å². The number of benzene rings is 1. The molecule has 0 aliphatic heterocycles. The average molecular weight is 165 g/mol. The van der Waals surface area contributed by atoms with E-state index in [4.69, 9.17) is 5.73 Å². The predicted octanol–water partition coefficient (Wildman–Crippen LogP) is 1.64. The minimum Gasteiger partial charge on any atom is -0.327 e. The van der Waals surface area contributed by atoms with Crippen LogP contribution in [-0.4, -0.2) is 6.04 Å². The fourth-order valence-electron chi connectivity index (χ4n) is 1.75. The SMILES string of the molecule is N[C@@H]1CCc2cc(F)ccc2C1. The Hall–Kier alpha value is -0.890. The molecular formula is C10H12FN. The maximum Gasteiger partial charge on any atom is 0.123 e. The van der Waals surface area contributed by atoms with Crippen LogP contribution in [0.2, 0.25) is 0 Å². The summed E-state index contributed by atoms with van der Waals surface area (Å²) in [6.45, 7) is 0. The number of fused-ring (bicyclic) bond motifs is 1. The summed E-state index contributed by atoms with van der Waals surface area (Å²) < 4.78 is 12.8. The Labute approximate surface area is 71.4 Å². The lowest BCUT2D eigenvalue weighted by molar-refractivity contribution is 0.566. The molecule has 0 unspecified atom stereocenters. The van der Waals surface area contributed by atoms with Gasteiger partial charge in [0.25, 0.3) is 0 Å². The molecule has 2 heteroatoms. The second kappa shape index (κ2) is 2.87. The van der Waals surface area contributed by atoms with Crippen molar-refractivity contribution < 1.29 is 4.39 Å². The zero-order valence-electron chi connectivity index (χ0n) is 6.89. The van der Waals surface area contributed by atoms with Gasteiger partial charge in [0, 0.05) is 6.04 Å². The molecule has 0 fully saturated rings. The van der Waals surface area contributed by atoms with Crippen molar-refractivity contribution in [3.63, 3.8) is 0 Å². The van der Waals surface area contributed by atoms with Crippen LogP contribution in [0.1, 0.15) is 17.5 Å². The van der Waals surface area contributed by atoms with Gasteiger partial charge < -0.3 is 5.73 Å². The number of nitrogens with two attached hydrogens (primary N) is 1. The smallest absolute Gasteiger partial charge is 0.123 e. The molecule has 1 nitrogen and oxygen atoms in total. The van der Waals surface area contributed by atoms with E-state index in [2.05, 4.69) is 0 Å². The van der Waals surface area contributed by atoms with Gasteiger partial charge in [-0.1, -0.05) is 6.07 Å². The van der Waals surface area contributed by atoms with Crippen LogP contribution in [0.15, 0.2) is 18.2 Å². The van der Waals surface area contributed by atoms with Crippen LogP contribution in [0.25, 0.3) is 0 Å². The second-order valence-electron chi connectivity index (χ2n) is 3.42. The van der Waals surface area contributed by atoms with E-state index in [0.29, 0.717) is 0 Å². The normalized spacial score (nSPS) is 22.0. The summed E-state index contributed by atoms with van der Waals surface area (Å²) in [4.78, 5) is 0. The van der Waals surface area contributed by atoms with Gasteiger partial charge in [0.05, 0.1) is 0 Å². The quantitative estimate of drug-likeness (QED) is 0.621. The minimum atomic E-state index is -0.135. The third-order valence-electron chi connectivity index (χ3n) is 2.43. The molecule has 2 rings (SSSR count). The third-order valence-corrected chi connectivity index (χ3v) is 2.43. The molecule has 0 radical (unpaired) electrons. The highest BCUT2D eigenvalue weighted by Gasteiger charge is 2.15. The summed E-state index contributed by atoms with van der Waals surface area (Å²) in [6.07, 6.45) is 2.81. The Morgan fingerprint density at radius 2 is 2.17 bits per heavy atom. The van der Waals surface area contributed by atoms with Gasteiger partial charge >= 0.3 is 0 Å². The van der Waals surface area contributed by atoms with Crippen molar-refractivity contribution in [2.45, 2.75) is 25.3 Å². The van der Waals surface area contributed by atoms with E-state index in [1.54, 1.807) is 6.07 Å². The van der Waals surface area contributed by atoms with Crippen molar-refractivity contribution in [3.8, 4) is 0 Å². The van der Waals surface area contributed by atoms with Crippen LogP contribution in [-0.2, 0) is 12.8 Å². The van der Waals surface area contributed by atoms with E-state index in [1.807, 2.05) is 6.07 Å². The van der Waals surface area contributed by atoms with E-state index >= 15 is 0 Å². The minimum absolute atomic E-state index is 0.135. The van der Waals surface area contributed by atoms with Gasteiger partial charge in [0.15, 0.2) is 0 Å². The maximum absolute atomic E-state index is 12.8. The first-order valence-corrected chi connectivity index (χ1v) is 4.28. The Balaban J connectivity index is 2.37. The van der Waals surface area contributed by atoms with Crippen molar-refractivity contribution in [3.05, 3.63) is 35.1 Å². The highest BCUT2D eigenvalue weighted by Crippen LogP contribution is 2.20. The van der Waals surface area contributed by atoms with Crippen LogP contribution in [0, 0.1) is 5.82 Å². The second-order valence-corrected chi connectivity index (χ2v) is 3.42. The molecule has 0 amide bonds. The van der Waals surface area contributed by atoms with Crippen LogP contribution in [0.5, 0.6) is 0 Å². The van der Waals surface area contributed by atoms with Crippen molar-refractivity contribution in [1.29, 1.82) is 0 Å². The van der Waals surface area contributed by atoms with E-state index in [0.717, 1.165) is 24.8 Å². The summed E-state index contributed by atoms with van der Waals surface area (Å²) in [6, 6.07) is 5.25. The van der Waals surface area contributed by atoms with Crippen molar-refractivity contribution in [2.75, 3.05) is 0 Å². The summed E-state index contributed by atoms with van der Waals surface area (Å²) in [7, 11) is 0. The summed E-state index contributed by atoms with van der Waals surface area (Å²) >= 11 is 0. The first-order chi connectivity index (χ1) is 5.75. The summed E-state index contributed by atoms with van der Waals surface area (Å²) in [5, 5.41) is 0. The van der Waals surface area contributed by atoms with Crippen LogP contribution in [0.3, 0.4) is 0 Å². The molecule has 64 valence electrons. The van der Waals surface area contributed by atoms with Gasteiger partial charge in [0.2, 0.25) is 0 Å². The van der Waals surface area contributed by atoms with Gasteiger partial charge in [0.1, 0.15) is 5.82 Å². The lowest BCUT2D eigenvalue weighted by Gasteiger charge is -2.20. The lowest BCUT2D eigenvalue weighted by Crippen LogP contribution is -2.27. The van der Waals surface area contributed by atoms with Gasteiger partial charge in [-0.2, -0.15) is 0 Å². The predicted molar refractivity (Wildman–Crippen MR) is 46.4 cm³/mol. The lowest BCUT2D eigenvalue weighted by atomic mass is 9.89. The van der Waals surface area contributed by atoms with Crippen molar-refractivity contribution >= 4 is 0 Å². The number of rotatable bonds is 0. The zero-order chi connectivity index (χ0) is 8.55. The zero-order valence-corrected chi connectivity index (χ0v) is 6.89. The first-order valence-electron chi connectivity index (χ1n) is 4.28. The Morgan fingerprint density at radius 3 is 3.00 bits per heavy atom. The molecule has 1 aromatic rings. The highest BCUT2D eigenvalue weighted by molar-refractivity contribution is 5.30. The molecule has 0 bridgehead atoms. The molecule has 0 saturated carbocycles. The first kappa shape index (κ1) is 7.74. The fraction of sp³-hybridized carbons (Fsp3) is 0.400. The highest BCUT2D eigenvalue weighted by atomic mass is 19.1. The average Bonchev–Trinajstić information content (AvgIpc) is 2.05. The van der Waals surface area contributed by atoms with Gasteiger partial charge in [-0.15, -0.1) is 0 Å². The fourth-order valence-corrected chi connectivity index (χ4v) is 1.75. The molecule has 0 saturated heterocycles. The van der Waals surface area contributed by atoms with Crippen LogP contribution < -0.4 is 5.73 Å². The van der Waals surface area contributed by atoms with Crippen LogP contribution in [0.4, 0.5) is 4.39 Å². The molecule has 0 aromatic heterocycles. The number of aryl methyl sites for hydroxylation is 1. The Bertz CT molecular complexity index is 296. The summed E-state index contributed by atoms with van der Waals surface area (Å²) in [5.41, 5.74) is 8.15. The van der Waals surface area contributed by atoms with Crippen molar-refractivity contribution in [1.82, 2.24) is 0 Å². The topological polar surface area (TPSA) is 26.0 Å². The number of halogens is 1. The molecular weight excluding hydrogens is 153 g/mol. The van der Waals surface area contributed by atoms with Gasteiger partial charge in [-0.3, -0.25) is 0 Å². The molecule has 0 spiro atoms. The third kappa shape index (κ3) is 1.34.